The van der Waals surface area contributed by atoms with E-state index in [0.29, 0.717) is 12.3 Å². The van der Waals surface area contributed by atoms with Gasteiger partial charge >= 0.3 is 0 Å². The fourth-order valence-electron chi connectivity index (χ4n) is 2.60. The van der Waals surface area contributed by atoms with Crippen molar-refractivity contribution in [3.05, 3.63) is 95.6 Å². The molecule has 0 heterocycles. The summed E-state index contributed by atoms with van der Waals surface area (Å²) < 4.78 is 37.5. The minimum Gasteiger partial charge on any atom is -0.490 e. The van der Waals surface area contributed by atoms with E-state index in [0.717, 1.165) is 11.1 Å². The van der Waals surface area contributed by atoms with Crippen molar-refractivity contribution in [1.29, 1.82) is 0 Å². The number of hydrogen-bond donors (Lipinski definition) is 1. The Morgan fingerprint density at radius 1 is 0.862 bits per heavy atom. The van der Waals surface area contributed by atoms with Gasteiger partial charge in [0.2, 0.25) is 5.91 Å². The molecule has 0 aliphatic heterocycles. The van der Waals surface area contributed by atoms with E-state index in [1.54, 1.807) is 36.4 Å². The number of rotatable bonds is 9. The lowest BCUT2D eigenvalue weighted by molar-refractivity contribution is -0.121. The highest BCUT2D eigenvalue weighted by Crippen LogP contribution is 2.16. The maximum atomic E-state index is 13.4. The van der Waals surface area contributed by atoms with Crippen LogP contribution in [0.3, 0.4) is 0 Å². The molecule has 6 heteroatoms. The van der Waals surface area contributed by atoms with Gasteiger partial charge in [-0.1, -0.05) is 36.4 Å². The Hall–Kier alpha value is -3.41. The second kappa shape index (κ2) is 10.2. The third-order valence-electron chi connectivity index (χ3n) is 4.13. The molecule has 0 aromatic heterocycles. The van der Waals surface area contributed by atoms with Gasteiger partial charge in [-0.25, -0.2) is 8.78 Å². The molecular formula is C23H21F2NO3. The van der Waals surface area contributed by atoms with E-state index >= 15 is 0 Å². The molecule has 0 bridgehead atoms. The zero-order valence-corrected chi connectivity index (χ0v) is 15.7. The van der Waals surface area contributed by atoms with Crippen LogP contribution in [-0.4, -0.2) is 12.5 Å². The summed E-state index contributed by atoms with van der Waals surface area (Å²) in [6, 6.07) is 19.6. The molecule has 1 amide bonds. The standard InChI is InChI=1S/C23H21F2NO3/c24-19-5-3-4-18(14-19)16-29-20-10-8-17(9-11-20)15-26-23(27)12-13-28-22-7-2-1-6-21(22)25/h1-11,14H,12-13,15-16H2,(H,26,27). The minimum atomic E-state index is -0.451. The molecule has 0 atom stereocenters. The summed E-state index contributed by atoms with van der Waals surface area (Å²) in [7, 11) is 0. The van der Waals surface area contributed by atoms with Gasteiger partial charge in [-0.2, -0.15) is 0 Å². The molecular weight excluding hydrogens is 376 g/mol. The van der Waals surface area contributed by atoms with E-state index in [9.17, 15) is 13.6 Å². The first-order valence-electron chi connectivity index (χ1n) is 9.20. The highest BCUT2D eigenvalue weighted by atomic mass is 19.1. The largest absolute Gasteiger partial charge is 0.490 e. The van der Waals surface area contributed by atoms with Crippen LogP contribution in [0.25, 0.3) is 0 Å². The summed E-state index contributed by atoms with van der Waals surface area (Å²) in [6.45, 7) is 0.734. The molecule has 4 nitrogen and oxygen atoms in total. The molecule has 3 aromatic rings. The Balaban J connectivity index is 1.38. The van der Waals surface area contributed by atoms with Crippen molar-refractivity contribution < 1.29 is 23.0 Å². The van der Waals surface area contributed by atoms with Gasteiger partial charge in [0.15, 0.2) is 11.6 Å². The number of carbonyl (C=O) groups is 1. The molecule has 3 rings (SSSR count). The fourth-order valence-corrected chi connectivity index (χ4v) is 2.60. The number of halogens is 2. The predicted octanol–water partition coefficient (Wildman–Crippen LogP) is 4.63. The van der Waals surface area contributed by atoms with Crippen molar-refractivity contribution in [1.82, 2.24) is 5.32 Å². The SMILES string of the molecule is O=C(CCOc1ccccc1F)NCc1ccc(OCc2cccc(F)c2)cc1. The number of hydrogen-bond acceptors (Lipinski definition) is 3. The van der Waals surface area contributed by atoms with Crippen molar-refractivity contribution in [3.8, 4) is 11.5 Å². The maximum Gasteiger partial charge on any atom is 0.223 e. The summed E-state index contributed by atoms with van der Waals surface area (Å²) in [5.74, 6) is -0.145. The average molecular weight is 397 g/mol. The van der Waals surface area contributed by atoms with Gasteiger partial charge in [-0.15, -0.1) is 0 Å². The van der Waals surface area contributed by atoms with E-state index in [1.807, 2.05) is 12.1 Å². The Kier molecular flexibility index (Phi) is 7.16. The van der Waals surface area contributed by atoms with Gasteiger partial charge in [0.1, 0.15) is 18.2 Å². The van der Waals surface area contributed by atoms with Gasteiger partial charge in [-0.3, -0.25) is 4.79 Å². The van der Waals surface area contributed by atoms with E-state index < -0.39 is 5.82 Å². The molecule has 0 spiro atoms. The lowest BCUT2D eigenvalue weighted by atomic mass is 10.2. The summed E-state index contributed by atoms with van der Waals surface area (Å²) in [6.07, 6.45) is 0.128. The molecule has 0 unspecified atom stereocenters. The number of amides is 1. The van der Waals surface area contributed by atoms with Gasteiger partial charge in [0, 0.05) is 6.54 Å². The van der Waals surface area contributed by atoms with Crippen LogP contribution in [0.1, 0.15) is 17.5 Å². The molecule has 150 valence electrons. The zero-order chi connectivity index (χ0) is 20.5. The van der Waals surface area contributed by atoms with Crippen LogP contribution < -0.4 is 14.8 Å². The van der Waals surface area contributed by atoms with E-state index in [4.69, 9.17) is 9.47 Å². The molecule has 0 fully saturated rings. The molecule has 0 saturated carbocycles. The predicted molar refractivity (Wildman–Crippen MR) is 106 cm³/mol. The zero-order valence-electron chi connectivity index (χ0n) is 15.7. The normalized spacial score (nSPS) is 10.4. The molecule has 29 heavy (non-hydrogen) atoms. The molecule has 0 aliphatic carbocycles. The smallest absolute Gasteiger partial charge is 0.223 e. The summed E-state index contributed by atoms with van der Waals surface area (Å²) >= 11 is 0. The summed E-state index contributed by atoms with van der Waals surface area (Å²) in [5, 5.41) is 2.79. The van der Waals surface area contributed by atoms with Gasteiger partial charge in [0.05, 0.1) is 13.0 Å². The van der Waals surface area contributed by atoms with Crippen molar-refractivity contribution in [3.63, 3.8) is 0 Å². The van der Waals surface area contributed by atoms with Gasteiger partial charge < -0.3 is 14.8 Å². The van der Waals surface area contributed by atoms with Crippen molar-refractivity contribution in [2.45, 2.75) is 19.6 Å². The van der Waals surface area contributed by atoms with Crippen LogP contribution in [0, 0.1) is 11.6 Å². The van der Waals surface area contributed by atoms with Crippen LogP contribution in [0.5, 0.6) is 11.5 Å². The third kappa shape index (κ3) is 6.60. The molecule has 0 saturated heterocycles. The van der Waals surface area contributed by atoms with Crippen LogP contribution in [0.15, 0.2) is 72.8 Å². The van der Waals surface area contributed by atoms with E-state index in [2.05, 4.69) is 5.32 Å². The summed E-state index contributed by atoms with van der Waals surface area (Å²) in [5.41, 5.74) is 1.66. The molecule has 3 aromatic carbocycles. The quantitative estimate of drug-likeness (QED) is 0.573. The Morgan fingerprint density at radius 3 is 2.41 bits per heavy atom. The lowest BCUT2D eigenvalue weighted by Crippen LogP contribution is -2.24. The minimum absolute atomic E-state index is 0.0968. The van der Waals surface area contributed by atoms with E-state index in [-0.39, 0.29) is 37.1 Å². The van der Waals surface area contributed by atoms with Gasteiger partial charge in [-0.05, 0) is 47.5 Å². The topological polar surface area (TPSA) is 47.6 Å². The number of benzene rings is 3. The van der Waals surface area contributed by atoms with Crippen molar-refractivity contribution in [2.24, 2.45) is 0 Å². The highest BCUT2D eigenvalue weighted by molar-refractivity contribution is 5.76. The second-order valence-electron chi connectivity index (χ2n) is 6.37. The molecule has 1 N–H and O–H groups in total. The lowest BCUT2D eigenvalue weighted by Gasteiger charge is -2.09. The molecule has 0 radical (unpaired) electrons. The Morgan fingerprint density at radius 2 is 1.66 bits per heavy atom. The highest BCUT2D eigenvalue weighted by Gasteiger charge is 2.05. The van der Waals surface area contributed by atoms with Crippen LogP contribution in [0.2, 0.25) is 0 Å². The van der Waals surface area contributed by atoms with Crippen LogP contribution in [0.4, 0.5) is 8.78 Å². The number of nitrogens with one attached hydrogen (secondary N) is 1. The van der Waals surface area contributed by atoms with Crippen LogP contribution in [-0.2, 0) is 17.9 Å². The first-order chi connectivity index (χ1) is 14.1. The summed E-state index contributed by atoms with van der Waals surface area (Å²) in [4.78, 5) is 11.9. The van der Waals surface area contributed by atoms with E-state index in [1.165, 1.54) is 24.3 Å². The van der Waals surface area contributed by atoms with Crippen molar-refractivity contribution in [2.75, 3.05) is 6.61 Å². The van der Waals surface area contributed by atoms with Crippen molar-refractivity contribution >= 4 is 5.91 Å². The van der Waals surface area contributed by atoms with Gasteiger partial charge in [0.25, 0.3) is 0 Å². The first-order valence-corrected chi connectivity index (χ1v) is 9.20. The Bertz CT molecular complexity index is 945. The Labute approximate surface area is 168 Å². The van der Waals surface area contributed by atoms with Crippen LogP contribution >= 0.6 is 0 Å². The first kappa shape index (κ1) is 20.3. The monoisotopic (exact) mass is 397 g/mol. The molecule has 0 aliphatic rings. The number of ether oxygens (including phenoxy) is 2. The maximum absolute atomic E-state index is 13.4. The second-order valence-corrected chi connectivity index (χ2v) is 6.37. The average Bonchev–Trinajstić information content (AvgIpc) is 2.73. The number of para-hydroxylation sites is 1. The fraction of sp³-hybridized carbons (Fsp3) is 0.174. The third-order valence-corrected chi connectivity index (χ3v) is 4.13. The number of carbonyl (C=O) groups excluding carboxylic acids is 1.